The van der Waals surface area contributed by atoms with Gasteiger partial charge in [-0.2, -0.15) is 5.10 Å². The van der Waals surface area contributed by atoms with Crippen molar-refractivity contribution in [1.82, 2.24) is 20.0 Å². The fraction of sp³-hybridized carbons (Fsp3) is 0.643. The second-order valence-corrected chi connectivity index (χ2v) is 11.8. The van der Waals surface area contributed by atoms with E-state index in [4.69, 9.17) is 9.84 Å². The van der Waals surface area contributed by atoms with E-state index in [1.807, 2.05) is 0 Å². The molecule has 2 aromatic rings. The van der Waals surface area contributed by atoms with E-state index in [2.05, 4.69) is 60.8 Å². The van der Waals surface area contributed by atoms with Gasteiger partial charge in [0.05, 0.1) is 6.04 Å². The third-order valence-electron chi connectivity index (χ3n) is 8.56. The van der Waals surface area contributed by atoms with E-state index in [1.54, 1.807) is 0 Å². The van der Waals surface area contributed by atoms with Gasteiger partial charge < -0.3 is 15.0 Å². The molecule has 0 unspecified atom stereocenters. The molecule has 34 heavy (non-hydrogen) atoms. The van der Waals surface area contributed by atoms with Crippen LogP contribution in [-0.2, 0) is 10.4 Å². The molecule has 182 valence electrons. The van der Waals surface area contributed by atoms with E-state index in [0.717, 1.165) is 68.7 Å². The van der Waals surface area contributed by atoms with Gasteiger partial charge >= 0.3 is 0 Å². The number of aromatic nitrogens is 2. The summed E-state index contributed by atoms with van der Waals surface area (Å²) < 4.78 is 9.21. The Morgan fingerprint density at radius 2 is 1.94 bits per heavy atom. The van der Waals surface area contributed by atoms with Crippen molar-refractivity contribution in [1.29, 1.82) is 0 Å². The lowest BCUT2D eigenvalue weighted by molar-refractivity contribution is -0.135. The molecule has 2 saturated heterocycles. The van der Waals surface area contributed by atoms with E-state index < -0.39 is 5.60 Å². The highest BCUT2D eigenvalue weighted by atomic mass is 16.5. The standard InChI is InChI=1S/C28H38N4O2/c1-18-5-8-22-23(15-18)34-28(10-13-31(14-11-28)24(33)16-20-6-7-20)25-19(2)32(30-26(22)25)21-9-12-29-27(3,4)17-21/h5,8,15,20-21,29H,6-7,9-14,16-17H2,1-4H3/t21-/m1/s1. The number of hydrogen-bond acceptors (Lipinski definition) is 4. The van der Waals surface area contributed by atoms with Gasteiger partial charge in [-0.05, 0) is 83.5 Å². The lowest BCUT2D eigenvalue weighted by atomic mass is 9.79. The Bertz CT molecular complexity index is 1120. The molecule has 0 bridgehead atoms. The number of fused-ring (bicyclic) bond motifs is 4. The second kappa shape index (κ2) is 7.84. The van der Waals surface area contributed by atoms with Gasteiger partial charge in [-0.1, -0.05) is 6.07 Å². The Hall–Kier alpha value is -2.34. The molecule has 3 fully saturated rings. The molecule has 4 aliphatic rings. The van der Waals surface area contributed by atoms with Crippen molar-refractivity contribution in [2.24, 2.45) is 5.92 Å². The van der Waals surface area contributed by atoms with Crippen molar-refractivity contribution >= 4 is 5.91 Å². The van der Waals surface area contributed by atoms with Gasteiger partial charge in [0.2, 0.25) is 5.91 Å². The Kier molecular flexibility index (Phi) is 5.11. The lowest BCUT2D eigenvalue weighted by Gasteiger charge is -2.44. The molecule has 0 radical (unpaired) electrons. The van der Waals surface area contributed by atoms with Crippen LogP contribution in [0.2, 0.25) is 0 Å². The Balaban J connectivity index is 1.37. The highest BCUT2D eigenvalue weighted by molar-refractivity contribution is 5.78. The average molecular weight is 463 g/mol. The van der Waals surface area contributed by atoms with Crippen LogP contribution in [0.4, 0.5) is 0 Å². The van der Waals surface area contributed by atoms with Gasteiger partial charge in [-0.25, -0.2) is 0 Å². The second-order valence-electron chi connectivity index (χ2n) is 11.8. The zero-order valence-electron chi connectivity index (χ0n) is 21.1. The molecule has 6 heteroatoms. The number of nitrogens with one attached hydrogen (secondary N) is 1. The number of benzene rings is 1. The minimum Gasteiger partial charge on any atom is -0.482 e. The maximum atomic E-state index is 12.8. The summed E-state index contributed by atoms with van der Waals surface area (Å²) in [5, 5.41) is 8.94. The van der Waals surface area contributed by atoms with Crippen LogP contribution in [0.5, 0.6) is 5.75 Å². The molecule has 6 nitrogen and oxygen atoms in total. The van der Waals surface area contributed by atoms with Crippen molar-refractivity contribution < 1.29 is 9.53 Å². The SMILES string of the molecule is Cc1ccc2c(c1)OC1(CCN(C(=O)CC3CC3)CC1)c1c-2nn([C@@H]2CCNC(C)(C)C2)c1C. The third kappa shape index (κ3) is 3.74. The van der Waals surface area contributed by atoms with E-state index in [9.17, 15) is 4.79 Å². The number of aryl methyl sites for hydroxylation is 1. The molecule has 1 atom stereocenters. The number of carbonyl (C=O) groups is 1. The topological polar surface area (TPSA) is 59.4 Å². The summed E-state index contributed by atoms with van der Waals surface area (Å²) >= 11 is 0. The van der Waals surface area contributed by atoms with Crippen molar-refractivity contribution in [3.05, 3.63) is 35.0 Å². The number of carbonyl (C=O) groups excluding carboxylic acids is 1. The van der Waals surface area contributed by atoms with Crippen LogP contribution in [-0.4, -0.2) is 45.8 Å². The van der Waals surface area contributed by atoms with Crippen LogP contribution >= 0.6 is 0 Å². The zero-order valence-corrected chi connectivity index (χ0v) is 21.1. The Morgan fingerprint density at radius 1 is 1.18 bits per heavy atom. The maximum absolute atomic E-state index is 12.8. The van der Waals surface area contributed by atoms with E-state index >= 15 is 0 Å². The van der Waals surface area contributed by atoms with Crippen LogP contribution in [0.15, 0.2) is 18.2 Å². The first-order chi connectivity index (χ1) is 16.2. The van der Waals surface area contributed by atoms with Crippen molar-refractivity contribution in [2.75, 3.05) is 19.6 Å². The first kappa shape index (κ1) is 22.1. The van der Waals surface area contributed by atoms with Crippen LogP contribution in [0.1, 0.15) is 81.7 Å². The van der Waals surface area contributed by atoms with Crippen LogP contribution in [0, 0.1) is 19.8 Å². The Labute approximate surface area is 203 Å². The summed E-state index contributed by atoms with van der Waals surface area (Å²) in [6.45, 7) is 11.5. The molecule has 3 aliphatic heterocycles. The number of ether oxygens (including phenoxy) is 1. The van der Waals surface area contributed by atoms with Crippen LogP contribution in [0.25, 0.3) is 11.3 Å². The smallest absolute Gasteiger partial charge is 0.222 e. The summed E-state index contributed by atoms with van der Waals surface area (Å²) in [7, 11) is 0. The van der Waals surface area contributed by atoms with Crippen molar-refractivity contribution in [2.45, 2.75) is 89.8 Å². The highest BCUT2D eigenvalue weighted by Crippen LogP contribution is 2.51. The summed E-state index contributed by atoms with van der Waals surface area (Å²) in [5.74, 6) is 1.90. The highest BCUT2D eigenvalue weighted by Gasteiger charge is 2.48. The van der Waals surface area contributed by atoms with E-state index in [0.29, 0.717) is 17.9 Å². The quantitative estimate of drug-likeness (QED) is 0.706. The van der Waals surface area contributed by atoms with Gasteiger partial charge in [0.1, 0.15) is 17.0 Å². The molecule has 4 heterocycles. The monoisotopic (exact) mass is 462 g/mol. The molecular formula is C28H38N4O2. The molecule has 1 aliphatic carbocycles. The zero-order chi connectivity index (χ0) is 23.7. The summed E-state index contributed by atoms with van der Waals surface area (Å²) in [5.41, 5.74) is 5.60. The molecule has 1 aromatic carbocycles. The van der Waals surface area contributed by atoms with Gasteiger partial charge in [0.15, 0.2) is 0 Å². The first-order valence-electron chi connectivity index (χ1n) is 13.2. The summed E-state index contributed by atoms with van der Waals surface area (Å²) in [4.78, 5) is 14.9. The number of nitrogens with zero attached hydrogens (tertiary/aromatic N) is 3. The normalized spacial score (nSPS) is 24.9. The number of amides is 1. The Morgan fingerprint density at radius 3 is 2.65 bits per heavy atom. The molecule has 1 saturated carbocycles. The largest absolute Gasteiger partial charge is 0.482 e. The van der Waals surface area contributed by atoms with Gasteiger partial charge in [0.25, 0.3) is 0 Å². The fourth-order valence-electron chi connectivity index (χ4n) is 6.50. The third-order valence-corrected chi connectivity index (χ3v) is 8.56. The first-order valence-corrected chi connectivity index (χ1v) is 13.2. The predicted molar refractivity (Wildman–Crippen MR) is 133 cm³/mol. The summed E-state index contributed by atoms with van der Waals surface area (Å²) in [6.07, 6.45) is 6.97. The minimum atomic E-state index is -0.406. The lowest BCUT2D eigenvalue weighted by Crippen LogP contribution is -2.49. The van der Waals surface area contributed by atoms with Crippen molar-refractivity contribution in [3.8, 4) is 17.0 Å². The number of piperidine rings is 2. The van der Waals surface area contributed by atoms with E-state index in [-0.39, 0.29) is 5.54 Å². The van der Waals surface area contributed by atoms with Crippen LogP contribution in [0.3, 0.4) is 0 Å². The maximum Gasteiger partial charge on any atom is 0.222 e. The minimum absolute atomic E-state index is 0.109. The number of likely N-dealkylation sites (tertiary alicyclic amines) is 1. The molecule has 6 rings (SSSR count). The van der Waals surface area contributed by atoms with Gasteiger partial charge in [-0.15, -0.1) is 0 Å². The molecular weight excluding hydrogens is 424 g/mol. The number of rotatable bonds is 3. The van der Waals surface area contributed by atoms with Gasteiger partial charge in [0, 0.05) is 54.7 Å². The molecule has 1 N–H and O–H groups in total. The average Bonchev–Trinajstić information content (AvgIpc) is 3.53. The fourth-order valence-corrected chi connectivity index (χ4v) is 6.50. The molecule has 1 amide bonds. The predicted octanol–water partition coefficient (Wildman–Crippen LogP) is 4.88. The molecule has 1 aromatic heterocycles. The van der Waals surface area contributed by atoms with E-state index in [1.165, 1.54) is 29.7 Å². The van der Waals surface area contributed by atoms with Crippen LogP contribution < -0.4 is 10.1 Å². The number of hydrogen-bond donors (Lipinski definition) is 1. The molecule has 1 spiro atoms. The van der Waals surface area contributed by atoms with Gasteiger partial charge in [-0.3, -0.25) is 9.48 Å². The summed E-state index contributed by atoms with van der Waals surface area (Å²) in [6, 6.07) is 6.87. The van der Waals surface area contributed by atoms with Crippen molar-refractivity contribution in [3.63, 3.8) is 0 Å².